The second-order valence-corrected chi connectivity index (χ2v) is 4.36. The van der Waals surface area contributed by atoms with Crippen LogP contribution < -0.4 is 68.9 Å². The van der Waals surface area contributed by atoms with Crippen LogP contribution in [0.25, 0.3) is 0 Å². The maximum atomic E-state index is 10.3. The summed E-state index contributed by atoms with van der Waals surface area (Å²) < 4.78 is 18.7. The predicted molar refractivity (Wildman–Crippen MR) is 42.5 cm³/mol. The molecular weight excluding hydrogens is 293 g/mol. The van der Waals surface area contributed by atoms with E-state index in [0.717, 1.165) is 0 Å². The van der Waals surface area contributed by atoms with Gasteiger partial charge < -0.3 is 44.0 Å². The zero-order valence-corrected chi connectivity index (χ0v) is 14.8. The van der Waals surface area contributed by atoms with Crippen LogP contribution in [0.4, 0.5) is 0 Å². The first kappa shape index (κ1) is 22.2. The van der Waals surface area contributed by atoms with E-state index in [0.29, 0.717) is 0 Å². The van der Waals surface area contributed by atoms with Crippen LogP contribution in [0.2, 0.25) is 0 Å². The van der Waals surface area contributed by atoms with E-state index in [1.807, 2.05) is 0 Å². The molecule has 5 atom stereocenters. The number of phosphoric acid groups is 1. The summed E-state index contributed by atoms with van der Waals surface area (Å²) in [5.41, 5.74) is 0. The van der Waals surface area contributed by atoms with Crippen LogP contribution in [-0.4, -0.2) is 57.7 Å². The van der Waals surface area contributed by atoms with E-state index in [9.17, 15) is 29.7 Å². The molecule has 1 rings (SSSR count). The Hall–Kier alpha value is 1.91. The zero-order valence-electron chi connectivity index (χ0n) is 9.87. The van der Waals surface area contributed by atoms with Gasteiger partial charge in [-0.1, -0.05) is 0 Å². The monoisotopic (exact) mass is 304 g/mol. The van der Waals surface area contributed by atoms with E-state index in [2.05, 4.69) is 9.26 Å². The molecule has 9 nitrogen and oxygen atoms in total. The number of hydrogen-bond donors (Lipinski definition) is 4. The largest absolute Gasteiger partial charge is 1.00 e. The Morgan fingerprint density at radius 1 is 1.11 bits per heavy atom. The van der Waals surface area contributed by atoms with Gasteiger partial charge in [0.1, 0.15) is 24.4 Å². The van der Waals surface area contributed by atoms with Crippen LogP contribution >= 0.6 is 7.82 Å². The van der Waals surface area contributed by atoms with E-state index in [1.165, 1.54) is 0 Å². The first-order chi connectivity index (χ1) is 7.26. The topological polar surface area (TPSA) is 163 Å². The fourth-order valence-corrected chi connectivity index (χ4v) is 1.71. The third kappa shape index (κ3) is 6.13. The third-order valence-electron chi connectivity index (χ3n) is 2.08. The molecule has 0 aromatic heterocycles. The van der Waals surface area contributed by atoms with E-state index in [4.69, 9.17) is 5.11 Å². The van der Waals surface area contributed by atoms with E-state index < -0.39 is 45.1 Å². The molecule has 1 aliphatic rings. The summed E-state index contributed by atoms with van der Waals surface area (Å²) in [7, 11) is -5.41. The molecular formula is C6H11Na2O9P. The van der Waals surface area contributed by atoms with Gasteiger partial charge in [0.05, 0.1) is 14.4 Å². The predicted octanol–water partition coefficient (Wildman–Crippen LogP) is -10.4. The van der Waals surface area contributed by atoms with Gasteiger partial charge in [0, 0.05) is 0 Å². The van der Waals surface area contributed by atoms with Crippen molar-refractivity contribution >= 4 is 7.82 Å². The van der Waals surface area contributed by atoms with Crippen molar-refractivity contribution in [3.05, 3.63) is 0 Å². The smallest absolute Gasteiger partial charge is 0.790 e. The quantitative estimate of drug-likeness (QED) is 0.293. The van der Waals surface area contributed by atoms with Gasteiger partial charge in [-0.2, -0.15) is 0 Å². The van der Waals surface area contributed by atoms with Crippen LogP contribution in [-0.2, 0) is 13.8 Å². The molecule has 0 amide bonds. The summed E-state index contributed by atoms with van der Waals surface area (Å²) >= 11 is 0. The zero-order chi connectivity index (χ0) is 12.5. The summed E-state index contributed by atoms with van der Waals surface area (Å²) in [6.45, 7) is -0.743. The van der Waals surface area contributed by atoms with Crippen LogP contribution in [0.3, 0.4) is 0 Å². The fourth-order valence-electron chi connectivity index (χ4n) is 1.28. The van der Waals surface area contributed by atoms with Crippen LogP contribution in [0.15, 0.2) is 0 Å². The molecule has 0 bridgehead atoms. The summed E-state index contributed by atoms with van der Waals surface area (Å²) in [5.74, 6) is 0. The molecule has 0 saturated carbocycles. The minimum absolute atomic E-state index is 0. The van der Waals surface area contributed by atoms with Crippen molar-refractivity contribution in [3.63, 3.8) is 0 Å². The second-order valence-electron chi connectivity index (χ2n) is 3.25. The minimum Gasteiger partial charge on any atom is -0.790 e. The molecule has 1 fully saturated rings. The molecule has 1 saturated heterocycles. The third-order valence-corrected chi connectivity index (χ3v) is 2.55. The average molecular weight is 304 g/mol. The molecule has 4 N–H and O–H groups in total. The SMILES string of the molecule is O=P([O-])([O-])OC1O[C@H](CO)[C@@H](O)[C@H](O)[C@@H]1O.[Na+].[Na+]. The molecule has 12 heteroatoms. The Bertz CT molecular complexity index is 284. The van der Waals surface area contributed by atoms with E-state index in [-0.39, 0.29) is 59.1 Å². The molecule has 0 radical (unpaired) electrons. The van der Waals surface area contributed by atoms with Crippen molar-refractivity contribution in [1.82, 2.24) is 0 Å². The van der Waals surface area contributed by atoms with Crippen molar-refractivity contribution in [2.75, 3.05) is 6.61 Å². The van der Waals surface area contributed by atoms with Gasteiger partial charge >= 0.3 is 59.1 Å². The summed E-state index contributed by atoms with van der Waals surface area (Å²) in [6.07, 6.45) is -8.61. The average Bonchev–Trinajstić information content (AvgIpc) is 2.17. The minimum atomic E-state index is -5.41. The Balaban J connectivity index is 0. The Labute approximate surface area is 147 Å². The molecule has 1 heterocycles. The summed E-state index contributed by atoms with van der Waals surface area (Å²) in [5, 5.41) is 36.5. The van der Waals surface area contributed by atoms with Crippen molar-refractivity contribution < 1.29 is 103 Å². The normalized spacial score (nSPS) is 36.4. The van der Waals surface area contributed by atoms with E-state index in [1.54, 1.807) is 0 Å². The second kappa shape index (κ2) is 9.04. The van der Waals surface area contributed by atoms with Crippen molar-refractivity contribution in [2.45, 2.75) is 30.7 Å². The Kier molecular flexibility index (Phi) is 11.1. The van der Waals surface area contributed by atoms with Gasteiger partial charge in [-0.05, 0) is 0 Å². The van der Waals surface area contributed by atoms with Crippen molar-refractivity contribution in [3.8, 4) is 0 Å². The van der Waals surface area contributed by atoms with Gasteiger partial charge in [-0.25, -0.2) is 0 Å². The fraction of sp³-hybridized carbons (Fsp3) is 1.00. The van der Waals surface area contributed by atoms with Gasteiger partial charge in [0.2, 0.25) is 0 Å². The summed E-state index contributed by atoms with van der Waals surface area (Å²) in [6, 6.07) is 0. The molecule has 0 aliphatic carbocycles. The maximum absolute atomic E-state index is 10.3. The first-order valence-corrected chi connectivity index (χ1v) is 5.73. The first-order valence-electron chi connectivity index (χ1n) is 4.27. The van der Waals surface area contributed by atoms with Gasteiger partial charge in [-0.3, -0.25) is 0 Å². The molecule has 0 aromatic carbocycles. The van der Waals surface area contributed by atoms with E-state index >= 15 is 0 Å². The number of hydrogen-bond acceptors (Lipinski definition) is 9. The number of phosphoric ester groups is 1. The van der Waals surface area contributed by atoms with Crippen molar-refractivity contribution in [2.24, 2.45) is 0 Å². The van der Waals surface area contributed by atoms with Crippen LogP contribution in [0.5, 0.6) is 0 Å². The number of ether oxygens (including phenoxy) is 1. The molecule has 1 unspecified atom stereocenters. The summed E-state index contributed by atoms with van der Waals surface area (Å²) in [4.78, 5) is 20.6. The molecule has 0 aromatic rings. The van der Waals surface area contributed by atoms with Gasteiger partial charge in [0.15, 0.2) is 6.29 Å². The molecule has 0 spiro atoms. The van der Waals surface area contributed by atoms with Gasteiger partial charge in [0.25, 0.3) is 0 Å². The van der Waals surface area contributed by atoms with Gasteiger partial charge in [-0.15, -0.1) is 0 Å². The maximum Gasteiger partial charge on any atom is 1.00 e. The Morgan fingerprint density at radius 3 is 2.00 bits per heavy atom. The molecule has 96 valence electrons. The van der Waals surface area contributed by atoms with Crippen LogP contribution in [0.1, 0.15) is 0 Å². The van der Waals surface area contributed by atoms with Crippen molar-refractivity contribution in [1.29, 1.82) is 0 Å². The molecule has 18 heavy (non-hydrogen) atoms. The standard InChI is InChI=1S/C6H13O9P.2Na/c7-1-2-3(8)4(9)5(10)6(14-2)15-16(11,12)13;;/h2-10H,1H2,(H2,11,12,13);;/q;2*+1/p-2/t2-,3-,4+,5+,6?;;/m1../s1. The number of aliphatic hydroxyl groups excluding tert-OH is 4. The Morgan fingerprint density at radius 2 is 1.61 bits per heavy atom. The number of aliphatic hydroxyl groups is 4. The number of rotatable bonds is 3. The molecule has 1 aliphatic heterocycles. The van der Waals surface area contributed by atoms with Crippen LogP contribution in [0, 0.1) is 0 Å².